The molecule has 0 bridgehead atoms. The Hall–Kier alpha value is -4.15. The fourth-order valence-electron chi connectivity index (χ4n) is 6.62. The van der Waals surface area contributed by atoms with Crippen molar-refractivity contribution in [2.75, 3.05) is 0 Å². The summed E-state index contributed by atoms with van der Waals surface area (Å²) in [6, 6.07) is 42.2. The molecule has 0 aliphatic heterocycles. The van der Waals surface area contributed by atoms with Gasteiger partial charge in [-0.15, -0.1) is 54.1 Å². The molecule has 0 spiro atoms. The molecule has 0 N–H and O–H groups in total. The third-order valence-electron chi connectivity index (χ3n) is 9.39. The van der Waals surface area contributed by atoms with Crippen LogP contribution in [-0.2, 0) is 20.1 Å². The number of rotatable bonds is 8. The molecule has 0 saturated heterocycles. The van der Waals surface area contributed by atoms with Crippen LogP contribution in [0, 0.1) is 12.1 Å². The first-order valence-electron chi connectivity index (χ1n) is 17.5. The van der Waals surface area contributed by atoms with Gasteiger partial charge in [0.15, 0.2) is 0 Å². The van der Waals surface area contributed by atoms with E-state index in [4.69, 9.17) is 4.42 Å². The zero-order valence-corrected chi connectivity index (χ0v) is 33.6. The standard InChI is InChI=1S/C28H24NO.C17H22NSi.Ir/c1-3-19(4-2)22-15-16-29-26(18-22)24-12-8-11-23-25-17-21(20-9-6-5-7-10-20)13-14-27(25)30-28(23)24;1-13(2)15-11-16(14-9-7-6-8-10-14)18-12-17(15)19(3,4)5;/h5-11,13-19H,3-4H2,1-2H3;6-9,11-13H,1-5H3;/q2*-1;. The molecule has 3 aromatic heterocycles. The molecule has 257 valence electrons. The van der Waals surface area contributed by atoms with Crippen LogP contribution < -0.4 is 5.19 Å². The van der Waals surface area contributed by atoms with Crippen molar-refractivity contribution in [2.45, 2.75) is 72.0 Å². The zero-order valence-electron chi connectivity index (χ0n) is 30.2. The van der Waals surface area contributed by atoms with Gasteiger partial charge < -0.3 is 14.4 Å². The van der Waals surface area contributed by atoms with Gasteiger partial charge in [0.1, 0.15) is 5.58 Å². The third kappa shape index (κ3) is 8.07. The minimum atomic E-state index is -1.34. The maximum atomic E-state index is 6.31. The Balaban J connectivity index is 0.000000211. The SMILES string of the molecule is CC(C)c1cc(-c2[c-]cccc2)ncc1[Si](C)(C)C.CCC(CC)c1ccnc(-c2[c-]ccc3c2oc2ccc(-c4ccccc4)cc23)c1.[Ir]. The average molecular weight is 851 g/mol. The molecule has 4 aromatic carbocycles. The van der Waals surface area contributed by atoms with Crippen LogP contribution >= 0.6 is 0 Å². The van der Waals surface area contributed by atoms with Crippen LogP contribution in [0.5, 0.6) is 0 Å². The van der Waals surface area contributed by atoms with E-state index in [1.807, 2.05) is 36.5 Å². The fraction of sp³-hybridized carbons (Fsp3) is 0.244. The molecule has 0 fully saturated rings. The fourth-order valence-corrected chi connectivity index (χ4v) is 8.29. The van der Waals surface area contributed by atoms with Crippen LogP contribution in [0.3, 0.4) is 0 Å². The molecule has 5 heteroatoms. The number of benzene rings is 4. The Morgan fingerprint density at radius 3 is 2.16 bits per heavy atom. The maximum Gasteiger partial charge on any atom is 0.120 e. The molecule has 0 aliphatic carbocycles. The van der Waals surface area contributed by atoms with Crippen LogP contribution in [0.25, 0.3) is 55.6 Å². The van der Waals surface area contributed by atoms with Gasteiger partial charge in [0.05, 0.1) is 13.7 Å². The molecular formula is C45H46IrN2OSi-2. The summed E-state index contributed by atoms with van der Waals surface area (Å²) in [5, 5.41) is 3.70. The average Bonchev–Trinajstić information content (AvgIpc) is 3.51. The Morgan fingerprint density at radius 2 is 1.48 bits per heavy atom. The van der Waals surface area contributed by atoms with Crippen LogP contribution in [0.4, 0.5) is 0 Å². The minimum Gasteiger partial charge on any atom is -0.501 e. The van der Waals surface area contributed by atoms with Crippen molar-refractivity contribution >= 4 is 35.2 Å². The van der Waals surface area contributed by atoms with Crippen LogP contribution in [0.2, 0.25) is 19.6 Å². The number of hydrogen-bond acceptors (Lipinski definition) is 3. The second-order valence-electron chi connectivity index (χ2n) is 14.1. The van der Waals surface area contributed by atoms with Gasteiger partial charge in [-0.25, -0.2) is 0 Å². The van der Waals surface area contributed by atoms with E-state index in [0.717, 1.165) is 57.3 Å². The second-order valence-corrected chi connectivity index (χ2v) is 19.1. The summed E-state index contributed by atoms with van der Waals surface area (Å²) in [7, 11) is -1.34. The van der Waals surface area contributed by atoms with Crippen molar-refractivity contribution in [2.24, 2.45) is 0 Å². The Labute approximate surface area is 312 Å². The summed E-state index contributed by atoms with van der Waals surface area (Å²) in [6.45, 7) is 16.1. The summed E-state index contributed by atoms with van der Waals surface area (Å²) >= 11 is 0. The Bertz CT molecular complexity index is 2160. The maximum absolute atomic E-state index is 6.31. The Morgan fingerprint density at radius 1 is 0.720 bits per heavy atom. The zero-order chi connectivity index (χ0) is 34.5. The summed E-state index contributed by atoms with van der Waals surface area (Å²) in [4.78, 5) is 9.32. The van der Waals surface area contributed by atoms with Crippen molar-refractivity contribution < 1.29 is 24.5 Å². The molecule has 0 atom stereocenters. The van der Waals surface area contributed by atoms with Crippen molar-refractivity contribution in [1.29, 1.82) is 0 Å². The molecule has 1 radical (unpaired) electrons. The topological polar surface area (TPSA) is 38.9 Å². The van der Waals surface area contributed by atoms with E-state index in [1.165, 1.54) is 27.4 Å². The molecular weight excluding hydrogens is 805 g/mol. The summed E-state index contributed by atoms with van der Waals surface area (Å²) in [5.74, 6) is 1.09. The van der Waals surface area contributed by atoms with Crippen LogP contribution in [0.1, 0.15) is 63.5 Å². The molecule has 50 heavy (non-hydrogen) atoms. The molecule has 7 aromatic rings. The normalized spacial score (nSPS) is 11.5. The van der Waals surface area contributed by atoms with Gasteiger partial charge in [0, 0.05) is 37.9 Å². The van der Waals surface area contributed by atoms with E-state index in [0.29, 0.717) is 11.8 Å². The van der Waals surface area contributed by atoms with E-state index >= 15 is 0 Å². The Kier molecular flexibility index (Phi) is 12.1. The number of nitrogens with zero attached hydrogens (tertiary/aromatic N) is 2. The monoisotopic (exact) mass is 851 g/mol. The summed E-state index contributed by atoms with van der Waals surface area (Å²) in [5.41, 5.74) is 10.9. The number of hydrogen-bond donors (Lipinski definition) is 0. The first-order valence-corrected chi connectivity index (χ1v) is 21.0. The van der Waals surface area contributed by atoms with Gasteiger partial charge in [-0.2, -0.15) is 0 Å². The number of fused-ring (bicyclic) bond motifs is 3. The molecule has 3 heterocycles. The quantitative estimate of drug-likeness (QED) is 0.113. The molecule has 3 nitrogen and oxygen atoms in total. The molecule has 7 rings (SSSR count). The molecule has 0 unspecified atom stereocenters. The van der Waals surface area contributed by atoms with Crippen molar-refractivity contribution in [3.05, 3.63) is 139 Å². The van der Waals surface area contributed by atoms with Gasteiger partial charge in [-0.3, -0.25) is 0 Å². The predicted molar refractivity (Wildman–Crippen MR) is 210 cm³/mol. The van der Waals surface area contributed by atoms with E-state index in [1.54, 1.807) is 0 Å². The van der Waals surface area contributed by atoms with Gasteiger partial charge in [-0.05, 0) is 70.6 Å². The van der Waals surface area contributed by atoms with Crippen molar-refractivity contribution in [1.82, 2.24) is 9.97 Å². The first-order chi connectivity index (χ1) is 23.7. The van der Waals surface area contributed by atoms with Gasteiger partial charge in [0.25, 0.3) is 0 Å². The number of pyridine rings is 2. The smallest absolute Gasteiger partial charge is 0.120 e. The molecule has 0 amide bonds. The van der Waals surface area contributed by atoms with E-state index < -0.39 is 8.07 Å². The number of aromatic nitrogens is 2. The van der Waals surface area contributed by atoms with Gasteiger partial charge in [0.2, 0.25) is 0 Å². The molecule has 0 aliphatic rings. The van der Waals surface area contributed by atoms with Crippen molar-refractivity contribution in [3.8, 4) is 33.6 Å². The summed E-state index contributed by atoms with van der Waals surface area (Å²) in [6.07, 6.45) is 6.26. The summed E-state index contributed by atoms with van der Waals surface area (Å²) < 4.78 is 6.31. The van der Waals surface area contributed by atoms with Crippen LogP contribution in [-0.4, -0.2) is 18.0 Å². The van der Waals surface area contributed by atoms with E-state index in [2.05, 4.69) is 148 Å². The minimum absolute atomic E-state index is 0. The van der Waals surface area contributed by atoms with Gasteiger partial charge in [-0.1, -0.05) is 118 Å². The molecule has 0 saturated carbocycles. The van der Waals surface area contributed by atoms with E-state index in [9.17, 15) is 0 Å². The number of furan rings is 1. The second kappa shape index (κ2) is 16.2. The van der Waals surface area contributed by atoms with E-state index in [-0.39, 0.29) is 20.1 Å². The predicted octanol–water partition coefficient (Wildman–Crippen LogP) is 12.2. The first kappa shape index (κ1) is 37.1. The largest absolute Gasteiger partial charge is 0.501 e. The van der Waals surface area contributed by atoms with Crippen molar-refractivity contribution in [3.63, 3.8) is 0 Å². The van der Waals surface area contributed by atoms with Gasteiger partial charge >= 0.3 is 0 Å². The van der Waals surface area contributed by atoms with Crippen LogP contribution in [0.15, 0.2) is 120 Å². The third-order valence-corrected chi connectivity index (χ3v) is 11.4.